The zero-order valence-electron chi connectivity index (χ0n) is 11.4. The van der Waals surface area contributed by atoms with Crippen molar-refractivity contribution < 1.29 is 13.6 Å². The van der Waals surface area contributed by atoms with Gasteiger partial charge in [-0.1, -0.05) is 0 Å². The molecule has 0 saturated carbocycles. The smallest absolute Gasteiger partial charge is 0.220 e. The summed E-state index contributed by atoms with van der Waals surface area (Å²) in [5, 5.41) is 6.06. The quantitative estimate of drug-likeness (QED) is 0.838. The average Bonchev–Trinajstić information content (AvgIpc) is 2.88. The van der Waals surface area contributed by atoms with Gasteiger partial charge in [0.15, 0.2) is 0 Å². The van der Waals surface area contributed by atoms with Crippen LogP contribution >= 0.6 is 0 Å². The van der Waals surface area contributed by atoms with Gasteiger partial charge in [-0.3, -0.25) is 4.79 Å². The van der Waals surface area contributed by atoms with Crippen LogP contribution in [0.15, 0.2) is 18.2 Å². The van der Waals surface area contributed by atoms with Gasteiger partial charge in [0.25, 0.3) is 0 Å². The van der Waals surface area contributed by atoms with Crippen LogP contribution in [-0.4, -0.2) is 25.5 Å². The lowest BCUT2D eigenvalue weighted by molar-refractivity contribution is -0.121. The molecule has 1 aliphatic rings. The molecule has 0 aromatic heterocycles. The summed E-state index contributed by atoms with van der Waals surface area (Å²) in [6.07, 6.45) is 2.98. The number of hydrogen-bond donors (Lipinski definition) is 2. The first kappa shape index (κ1) is 14.9. The first-order valence-corrected chi connectivity index (χ1v) is 7.06. The number of benzene rings is 1. The third-order valence-corrected chi connectivity index (χ3v) is 3.60. The Morgan fingerprint density at radius 3 is 2.70 bits per heavy atom. The molecule has 1 unspecified atom stereocenters. The van der Waals surface area contributed by atoms with Gasteiger partial charge in [-0.05, 0) is 56.0 Å². The van der Waals surface area contributed by atoms with Crippen molar-refractivity contribution in [2.45, 2.75) is 25.7 Å². The standard InChI is InChI=1S/C15H20F2N2O/c16-13-7-12(8-14(17)9-13)4-6-19-15(20)2-1-11-3-5-18-10-11/h7-9,11,18H,1-6,10H2,(H,19,20). The molecule has 5 heteroatoms. The highest BCUT2D eigenvalue weighted by molar-refractivity contribution is 5.75. The van der Waals surface area contributed by atoms with Gasteiger partial charge >= 0.3 is 0 Å². The predicted molar refractivity (Wildman–Crippen MR) is 73.3 cm³/mol. The van der Waals surface area contributed by atoms with E-state index in [4.69, 9.17) is 0 Å². The molecule has 20 heavy (non-hydrogen) atoms. The Kier molecular flexibility index (Phi) is 5.47. The van der Waals surface area contributed by atoms with Crippen LogP contribution in [0.25, 0.3) is 0 Å². The van der Waals surface area contributed by atoms with Gasteiger partial charge in [-0.25, -0.2) is 8.78 Å². The highest BCUT2D eigenvalue weighted by Gasteiger charge is 2.15. The van der Waals surface area contributed by atoms with E-state index in [0.717, 1.165) is 32.0 Å². The fraction of sp³-hybridized carbons (Fsp3) is 0.533. The zero-order chi connectivity index (χ0) is 14.4. The molecular weight excluding hydrogens is 262 g/mol. The minimum atomic E-state index is -0.583. The maximum atomic E-state index is 13.0. The van der Waals surface area contributed by atoms with E-state index in [9.17, 15) is 13.6 Å². The highest BCUT2D eigenvalue weighted by Crippen LogP contribution is 2.14. The normalized spacial score (nSPS) is 18.2. The largest absolute Gasteiger partial charge is 0.356 e. The fourth-order valence-corrected chi connectivity index (χ4v) is 2.49. The van der Waals surface area contributed by atoms with Crippen LogP contribution < -0.4 is 10.6 Å². The molecule has 1 aliphatic heterocycles. The predicted octanol–water partition coefficient (Wildman–Crippen LogP) is 2.01. The van der Waals surface area contributed by atoms with Crippen LogP contribution in [0.4, 0.5) is 8.78 Å². The molecule has 0 bridgehead atoms. The Labute approximate surface area is 117 Å². The number of nitrogens with one attached hydrogen (secondary N) is 2. The second-order valence-electron chi connectivity index (χ2n) is 5.28. The van der Waals surface area contributed by atoms with Crippen molar-refractivity contribution in [3.63, 3.8) is 0 Å². The Hall–Kier alpha value is -1.49. The summed E-state index contributed by atoms with van der Waals surface area (Å²) < 4.78 is 25.9. The van der Waals surface area contributed by atoms with E-state index in [-0.39, 0.29) is 5.91 Å². The van der Waals surface area contributed by atoms with E-state index in [1.165, 1.54) is 12.1 Å². The van der Waals surface area contributed by atoms with E-state index in [1.54, 1.807) is 0 Å². The molecule has 2 N–H and O–H groups in total. The first-order chi connectivity index (χ1) is 9.63. The molecule has 1 heterocycles. The Morgan fingerprint density at radius 1 is 1.30 bits per heavy atom. The third-order valence-electron chi connectivity index (χ3n) is 3.60. The highest BCUT2D eigenvalue weighted by atomic mass is 19.1. The molecule has 1 fully saturated rings. The zero-order valence-corrected chi connectivity index (χ0v) is 11.4. The third kappa shape index (κ3) is 4.89. The van der Waals surface area contributed by atoms with Gasteiger partial charge < -0.3 is 10.6 Å². The number of halogens is 2. The number of amides is 1. The fourth-order valence-electron chi connectivity index (χ4n) is 2.49. The van der Waals surface area contributed by atoms with Crippen LogP contribution in [0.5, 0.6) is 0 Å². The van der Waals surface area contributed by atoms with Gasteiger partial charge in [-0.15, -0.1) is 0 Å². The molecule has 3 nitrogen and oxygen atoms in total. The van der Waals surface area contributed by atoms with Crippen molar-refractivity contribution >= 4 is 5.91 Å². The summed E-state index contributed by atoms with van der Waals surface area (Å²) in [6.45, 7) is 2.44. The Balaban J connectivity index is 1.65. The van der Waals surface area contributed by atoms with Crippen molar-refractivity contribution in [3.8, 4) is 0 Å². The number of rotatable bonds is 6. The summed E-state index contributed by atoms with van der Waals surface area (Å²) in [5.41, 5.74) is 0.558. The maximum Gasteiger partial charge on any atom is 0.220 e. The number of carbonyl (C=O) groups excluding carboxylic acids is 1. The maximum absolute atomic E-state index is 13.0. The van der Waals surface area contributed by atoms with E-state index in [2.05, 4.69) is 10.6 Å². The minimum Gasteiger partial charge on any atom is -0.356 e. The summed E-state index contributed by atoms with van der Waals surface area (Å²) in [5.74, 6) is -0.563. The van der Waals surface area contributed by atoms with E-state index in [1.807, 2.05) is 0 Å². The van der Waals surface area contributed by atoms with E-state index in [0.29, 0.717) is 30.9 Å². The van der Waals surface area contributed by atoms with Gasteiger partial charge in [0.05, 0.1) is 0 Å². The first-order valence-electron chi connectivity index (χ1n) is 7.06. The van der Waals surface area contributed by atoms with Crippen molar-refractivity contribution in [1.82, 2.24) is 10.6 Å². The van der Waals surface area contributed by atoms with Crippen molar-refractivity contribution in [1.29, 1.82) is 0 Å². The minimum absolute atomic E-state index is 0.00813. The van der Waals surface area contributed by atoms with Gasteiger partial charge in [0.2, 0.25) is 5.91 Å². The molecule has 1 saturated heterocycles. The van der Waals surface area contributed by atoms with Gasteiger partial charge in [-0.2, -0.15) is 0 Å². The molecule has 1 atom stereocenters. The number of carbonyl (C=O) groups is 1. The second-order valence-corrected chi connectivity index (χ2v) is 5.28. The van der Waals surface area contributed by atoms with E-state index < -0.39 is 11.6 Å². The summed E-state index contributed by atoms with van der Waals surface area (Å²) in [7, 11) is 0. The van der Waals surface area contributed by atoms with Crippen LogP contribution in [0.1, 0.15) is 24.8 Å². The van der Waals surface area contributed by atoms with Crippen molar-refractivity contribution in [3.05, 3.63) is 35.4 Å². The van der Waals surface area contributed by atoms with Gasteiger partial charge in [0.1, 0.15) is 11.6 Å². The molecule has 0 spiro atoms. The van der Waals surface area contributed by atoms with Crippen molar-refractivity contribution in [2.24, 2.45) is 5.92 Å². The lowest BCUT2D eigenvalue weighted by Gasteiger charge is -2.09. The molecule has 1 amide bonds. The Morgan fingerprint density at radius 2 is 2.05 bits per heavy atom. The summed E-state index contributed by atoms with van der Waals surface area (Å²) in [4.78, 5) is 11.6. The van der Waals surface area contributed by atoms with Crippen LogP contribution in [0.3, 0.4) is 0 Å². The van der Waals surface area contributed by atoms with Crippen LogP contribution in [-0.2, 0) is 11.2 Å². The second kappa shape index (κ2) is 7.33. The molecule has 1 aromatic rings. The molecule has 0 aliphatic carbocycles. The van der Waals surface area contributed by atoms with Crippen LogP contribution in [0.2, 0.25) is 0 Å². The summed E-state index contributed by atoms with van der Waals surface area (Å²) in [6, 6.07) is 3.43. The van der Waals surface area contributed by atoms with Crippen LogP contribution in [0, 0.1) is 17.6 Å². The molecule has 2 rings (SSSR count). The topological polar surface area (TPSA) is 41.1 Å². The lowest BCUT2D eigenvalue weighted by atomic mass is 10.0. The lowest BCUT2D eigenvalue weighted by Crippen LogP contribution is -2.26. The molecule has 1 aromatic carbocycles. The molecule has 0 radical (unpaired) electrons. The summed E-state index contributed by atoms with van der Waals surface area (Å²) >= 11 is 0. The van der Waals surface area contributed by atoms with Crippen molar-refractivity contribution in [2.75, 3.05) is 19.6 Å². The average molecular weight is 282 g/mol. The van der Waals surface area contributed by atoms with E-state index >= 15 is 0 Å². The molecular formula is C15H20F2N2O. The number of hydrogen-bond acceptors (Lipinski definition) is 2. The van der Waals surface area contributed by atoms with Gasteiger partial charge in [0, 0.05) is 19.0 Å². The Bertz CT molecular complexity index is 439. The molecule has 110 valence electrons. The SMILES string of the molecule is O=C(CCC1CCNC1)NCCc1cc(F)cc(F)c1. The monoisotopic (exact) mass is 282 g/mol.